The maximum absolute atomic E-state index is 12.9. The van der Waals surface area contributed by atoms with Gasteiger partial charge in [-0.25, -0.2) is 0 Å². The van der Waals surface area contributed by atoms with E-state index in [1.54, 1.807) is 12.1 Å². The molecule has 0 aliphatic heterocycles. The van der Waals surface area contributed by atoms with Crippen molar-refractivity contribution >= 4 is 11.6 Å². The van der Waals surface area contributed by atoms with Crippen LogP contribution in [0.1, 0.15) is 38.2 Å². The number of nitrogens with one attached hydrogen (secondary N) is 2. The fraction of sp³-hybridized carbons (Fsp3) is 0.588. The molecule has 1 saturated carbocycles. The van der Waals surface area contributed by atoms with Crippen LogP contribution in [0.15, 0.2) is 18.2 Å². The fourth-order valence-electron chi connectivity index (χ4n) is 3.09. The third-order valence-corrected chi connectivity index (χ3v) is 4.31. The van der Waals surface area contributed by atoms with Crippen molar-refractivity contribution in [2.45, 2.75) is 51.4 Å². The summed E-state index contributed by atoms with van der Waals surface area (Å²) in [7, 11) is 1.51. The molecule has 0 bridgehead atoms. The van der Waals surface area contributed by atoms with Gasteiger partial charge in [-0.2, -0.15) is 13.2 Å². The van der Waals surface area contributed by atoms with Gasteiger partial charge in [-0.1, -0.05) is 12.5 Å². The van der Waals surface area contributed by atoms with Gasteiger partial charge in [0.15, 0.2) is 0 Å². The van der Waals surface area contributed by atoms with Gasteiger partial charge in [0.2, 0.25) is 5.91 Å². The van der Waals surface area contributed by atoms with Crippen LogP contribution in [0, 0.1) is 5.92 Å². The van der Waals surface area contributed by atoms with Gasteiger partial charge in [-0.05, 0) is 37.0 Å². The molecule has 1 aromatic rings. The van der Waals surface area contributed by atoms with Gasteiger partial charge in [0, 0.05) is 19.5 Å². The second-order valence-electron chi connectivity index (χ2n) is 6.20. The molecular weight excluding hydrogens is 321 g/mol. The highest BCUT2D eigenvalue weighted by atomic mass is 19.4. The van der Waals surface area contributed by atoms with Crippen LogP contribution in [-0.4, -0.2) is 25.2 Å². The van der Waals surface area contributed by atoms with Crippen molar-refractivity contribution < 1.29 is 22.7 Å². The Morgan fingerprint density at radius 1 is 1.33 bits per heavy atom. The molecule has 2 atom stereocenters. The monoisotopic (exact) mass is 344 g/mol. The first kappa shape index (κ1) is 18.6. The molecule has 1 fully saturated rings. The smallest absolute Gasteiger partial charge is 0.391 e. The minimum absolute atomic E-state index is 0.123. The number of rotatable bonds is 5. The Balaban J connectivity index is 1.97. The summed E-state index contributed by atoms with van der Waals surface area (Å²) in [4.78, 5) is 11.2. The van der Waals surface area contributed by atoms with E-state index < -0.39 is 12.1 Å². The van der Waals surface area contributed by atoms with Gasteiger partial charge in [0.25, 0.3) is 0 Å². The van der Waals surface area contributed by atoms with Crippen molar-refractivity contribution in [3.63, 3.8) is 0 Å². The lowest BCUT2D eigenvalue weighted by Crippen LogP contribution is -2.38. The molecule has 1 aliphatic rings. The van der Waals surface area contributed by atoms with Gasteiger partial charge in [0.05, 0.1) is 18.7 Å². The molecule has 0 radical (unpaired) electrons. The van der Waals surface area contributed by atoms with Crippen LogP contribution in [0.5, 0.6) is 5.75 Å². The first-order valence-corrected chi connectivity index (χ1v) is 8.04. The molecule has 2 N–H and O–H groups in total. The van der Waals surface area contributed by atoms with Crippen molar-refractivity contribution in [2.24, 2.45) is 5.92 Å². The van der Waals surface area contributed by atoms with Gasteiger partial charge in [-0.3, -0.25) is 4.79 Å². The highest BCUT2D eigenvalue weighted by Gasteiger charge is 2.41. The number of benzene rings is 1. The standard InChI is InChI=1S/C17H23F3N2O2/c1-11(23)22-15-8-12(6-7-16(15)24-2)10-21-14-5-3-4-13(9-14)17(18,19)20/h6-8,13-14,21H,3-5,9-10H2,1-2H3,(H,22,23)/t13-,14+/m0/s1. The maximum Gasteiger partial charge on any atom is 0.391 e. The van der Waals surface area contributed by atoms with E-state index in [9.17, 15) is 18.0 Å². The molecule has 0 heterocycles. The molecule has 0 spiro atoms. The van der Waals surface area contributed by atoms with E-state index >= 15 is 0 Å². The number of halogens is 3. The van der Waals surface area contributed by atoms with Crippen LogP contribution in [0.2, 0.25) is 0 Å². The lowest BCUT2D eigenvalue weighted by Gasteiger charge is -2.31. The quantitative estimate of drug-likeness (QED) is 0.853. The lowest BCUT2D eigenvalue weighted by molar-refractivity contribution is -0.183. The number of methoxy groups -OCH3 is 1. The van der Waals surface area contributed by atoms with Crippen molar-refractivity contribution in [3.05, 3.63) is 23.8 Å². The van der Waals surface area contributed by atoms with E-state index in [0.29, 0.717) is 24.4 Å². The minimum atomic E-state index is -4.11. The van der Waals surface area contributed by atoms with Crippen LogP contribution in [0.25, 0.3) is 0 Å². The summed E-state index contributed by atoms with van der Waals surface area (Å²) >= 11 is 0. The summed E-state index contributed by atoms with van der Waals surface area (Å²) in [6, 6.07) is 5.21. The lowest BCUT2D eigenvalue weighted by atomic mass is 9.85. The molecule has 1 amide bonds. The number of hydrogen-bond donors (Lipinski definition) is 2. The molecule has 1 aromatic carbocycles. The number of carbonyl (C=O) groups excluding carboxylic acids is 1. The zero-order chi connectivity index (χ0) is 17.7. The van der Waals surface area contributed by atoms with Crippen molar-refractivity contribution in [2.75, 3.05) is 12.4 Å². The second kappa shape index (κ2) is 7.88. The molecular formula is C17H23F3N2O2. The topological polar surface area (TPSA) is 50.4 Å². The van der Waals surface area contributed by atoms with Gasteiger partial charge < -0.3 is 15.4 Å². The first-order chi connectivity index (χ1) is 11.3. The van der Waals surface area contributed by atoms with E-state index in [1.807, 2.05) is 6.07 Å². The average Bonchev–Trinajstić information content (AvgIpc) is 2.52. The molecule has 4 nitrogen and oxygen atoms in total. The molecule has 0 saturated heterocycles. The van der Waals surface area contributed by atoms with Crippen molar-refractivity contribution in [1.29, 1.82) is 0 Å². The molecule has 0 unspecified atom stereocenters. The summed E-state index contributed by atoms with van der Waals surface area (Å²) in [5.74, 6) is -0.878. The molecule has 2 rings (SSSR count). The maximum atomic E-state index is 12.9. The van der Waals surface area contributed by atoms with E-state index in [2.05, 4.69) is 10.6 Å². The van der Waals surface area contributed by atoms with E-state index in [-0.39, 0.29) is 24.8 Å². The highest BCUT2D eigenvalue weighted by Crippen LogP contribution is 2.37. The van der Waals surface area contributed by atoms with Gasteiger partial charge >= 0.3 is 6.18 Å². The predicted octanol–water partition coefficient (Wildman–Crippen LogP) is 3.86. The van der Waals surface area contributed by atoms with E-state index in [1.165, 1.54) is 14.0 Å². The van der Waals surface area contributed by atoms with Crippen LogP contribution in [0.3, 0.4) is 0 Å². The largest absolute Gasteiger partial charge is 0.495 e. The minimum Gasteiger partial charge on any atom is -0.495 e. The SMILES string of the molecule is COc1ccc(CN[C@@H]2CCC[C@H](C(F)(F)F)C2)cc1NC(C)=O. The number of anilines is 1. The van der Waals surface area contributed by atoms with Crippen LogP contribution < -0.4 is 15.4 Å². The van der Waals surface area contributed by atoms with Crippen LogP contribution in [0.4, 0.5) is 18.9 Å². The zero-order valence-corrected chi connectivity index (χ0v) is 13.9. The Morgan fingerprint density at radius 3 is 2.71 bits per heavy atom. The fourth-order valence-corrected chi connectivity index (χ4v) is 3.09. The zero-order valence-electron chi connectivity index (χ0n) is 13.9. The van der Waals surface area contributed by atoms with Crippen molar-refractivity contribution in [1.82, 2.24) is 5.32 Å². The number of ether oxygens (including phenoxy) is 1. The van der Waals surface area contributed by atoms with Crippen LogP contribution >= 0.6 is 0 Å². The van der Waals surface area contributed by atoms with E-state index in [4.69, 9.17) is 4.74 Å². The number of amides is 1. The molecule has 7 heteroatoms. The Hall–Kier alpha value is -1.76. The van der Waals surface area contributed by atoms with Gasteiger partial charge in [-0.15, -0.1) is 0 Å². The summed E-state index contributed by atoms with van der Waals surface area (Å²) < 4.78 is 43.7. The highest BCUT2D eigenvalue weighted by molar-refractivity contribution is 5.90. The van der Waals surface area contributed by atoms with E-state index in [0.717, 1.165) is 12.0 Å². The normalized spacial score (nSPS) is 21.4. The van der Waals surface area contributed by atoms with Crippen LogP contribution in [-0.2, 0) is 11.3 Å². The second-order valence-corrected chi connectivity index (χ2v) is 6.20. The summed E-state index contributed by atoms with van der Waals surface area (Å²) in [6.07, 6.45) is -2.43. The Kier molecular flexibility index (Phi) is 6.10. The first-order valence-electron chi connectivity index (χ1n) is 8.04. The number of carbonyl (C=O) groups is 1. The Labute approximate surface area is 139 Å². The Bertz CT molecular complexity index is 575. The summed E-state index contributed by atoms with van der Waals surface area (Å²) in [5.41, 5.74) is 1.44. The number of hydrogen-bond acceptors (Lipinski definition) is 3. The summed E-state index contributed by atoms with van der Waals surface area (Å²) in [5, 5.41) is 5.89. The summed E-state index contributed by atoms with van der Waals surface area (Å²) in [6.45, 7) is 1.86. The van der Waals surface area contributed by atoms with Gasteiger partial charge in [0.1, 0.15) is 5.75 Å². The third-order valence-electron chi connectivity index (χ3n) is 4.31. The third kappa shape index (κ3) is 5.12. The average molecular weight is 344 g/mol. The number of alkyl halides is 3. The predicted molar refractivity (Wildman–Crippen MR) is 85.9 cm³/mol. The Morgan fingerprint density at radius 2 is 2.08 bits per heavy atom. The molecule has 1 aliphatic carbocycles. The van der Waals surface area contributed by atoms with Crippen molar-refractivity contribution in [3.8, 4) is 5.75 Å². The molecule has 0 aromatic heterocycles. The molecule has 24 heavy (non-hydrogen) atoms. The molecule has 134 valence electrons.